The maximum absolute atomic E-state index is 6.22. The number of allylic oxidation sites excluding steroid dienone is 5. The van der Waals surface area contributed by atoms with Gasteiger partial charge in [0.05, 0.1) is 0 Å². The Balaban J connectivity index is 1.65. The minimum Gasteiger partial charge on any atom is -0.460 e. The van der Waals surface area contributed by atoms with Crippen molar-refractivity contribution >= 4 is 33.0 Å². The maximum atomic E-state index is 6.22. The first kappa shape index (κ1) is 14.1. The third-order valence-electron chi connectivity index (χ3n) is 4.85. The molecule has 5 rings (SSSR count). The Hall–Kier alpha value is -2.32. The number of hydrogen-bond donors (Lipinski definition) is 0. The van der Waals surface area contributed by atoms with Crippen LogP contribution in [0.3, 0.4) is 0 Å². The molecule has 1 nitrogen and oxygen atoms in total. The van der Waals surface area contributed by atoms with Gasteiger partial charge in [0.15, 0.2) is 0 Å². The molecule has 1 atom stereocenters. The second kappa shape index (κ2) is 5.35. The van der Waals surface area contributed by atoms with E-state index in [0.29, 0.717) is 5.92 Å². The van der Waals surface area contributed by atoms with Crippen LogP contribution < -0.4 is 0 Å². The van der Waals surface area contributed by atoms with Gasteiger partial charge >= 0.3 is 0 Å². The van der Waals surface area contributed by atoms with E-state index in [1.807, 2.05) is 6.07 Å². The van der Waals surface area contributed by atoms with Crippen molar-refractivity contribution in [2.75, 3.05) is 0 Å². The highest BCUT2D eigenvalue weighted by Gasteiger charge is 2.24. The summed E-state index contributed by atoms with van der Waals surface area (Å²) in [6.07, 6.45) is 11.9. The van der Waals surface area contributed by atoms with Gasteiger partial charge in [0.1, 0.15) is 11.3 Å². The molecular formula is C22H15BrO. The number of furan rings is 1. The molecule has 1 aromatic heterocycles. The lowest BCUT2D eigenvalue weighted by Crippen LogP contribution is -2.09. The van der Waals surface area contributed by atoms with Gasteiger partial charge in [-0.2, -0.15) is 0 Å². The zero-order valence-corrected chi connectivity index (χ0v) is 14.6. The fourth-order valence-electron chi connectivity index (χ4n) is 3.63. The lowest BCUT2D eigenvalue weighted by Gasteiger charge is -2.20. The average molecular weight is 375 g/mol. The minimum atomic E-state index is 0.451. The summed E-state index contributed by atoms with van der Waals surface area (Å²) in [5.74, 6) is 1.55. The van der Waals surface area contributed by atoms with Gasteiger partial charge in [0.2, 0.25) is 0 Å². The lowest BCUT2D eigenvalue weighted by atomic mass is 9.84. The van der Waals surface area contributed by atoms with Gasteiger partial charge in [-0.3, -0.25) is 0 Å². The Morgan fingerprint density at radius 1 is 1.00 bits per heavy atom. The van der Waals surface area contributed by atoms with Crippen LogP contribution in [0, 0.1) is 5.92 Å². The van der Waals surface area contributed by atoms with Crippen LogP contribution in [0.1, 0.15) is 11.3 Å². The summed E-state index contributed by atoms with van der Waals surface area (Å²) < 4.78 is 7.31. The number of hydrogen-bond acceptors (Lipinski definition) is 1. The maximum Gasteiger partial charge on any atom is 0.135 e. The Labute approximate surface area is 149 Å². The van der Waals surface area contributed by atoms with Gasteiger partial charge in [-0.25, -0.2) is 0 Å². The van der Waals surface area contributed by atoms with Crippen molar-refractivity contribution in [3.63, 3.8) is 0 Å². The van der Waals surface area contributed by atoms with E-state index in [2.05, 4.69) is 82.7 Å². The molecule has 24 heavy (non-hydrogen) atoms. The predicted octanol–water partition coefficient (Wildman–Crippen LogP) is 6.54. The molecule has 2 aromatic carbocycles. The zero-order valence-electron chi connectivity index (χ0n) is 13.0. The number of fused-ring (bicyclic) bond motifs is 4. The van der Waals surface area contributed by atoms with Crippen LogP contribution in [0.25, 0.3) is 28.2 Å². The Bertz CT molecular complexity index is 1050. The lowest BCUT2D eigenvalue weighted by molar-refractivity contribution is 0.521. The molecule has 2 aliphatic rings. The van der Waals surface area contributed by atoms with E-state index in [1.54, 1.807) is 0 Å². The van der Waals surface area contributed by atoms with Crippen molar-refractivity contribution in [2.24, 2.45) is 5.92 Å². The summed E-state index contributed by atoms with van der Waals surface area (Å²) in [5, 5.41) is 1.21. The SMILES string of the molecule is Brc1cccc(-c2ccc3c4c(oc3c2)CC2C=CC=CC2=C4)c1. The monoisotopic (exact) mass is 374 g/mol. The smallest absolute Gasteiger partial charge is 0.135 e. The van der Waals surface area contributed by atoms with Crippen molar-refractivity contribution in [1.82, 2.24) is 0 Å². The fourth-order valence-corrected chi connectivity index (χ4v) is 4.03. The first-order chi connectivity index (χ1) is 11.8. The highest BCUT2D eigenvalue weighted by Crippen LogP contribution is 2.39. The second-order valence-corrected chi connectivity index (χ2v) is 7.27. The Kier molecular flexibility index (Phi) is 3.14. The van der Waals surface area contributed by atoms with Crippen molar-refractivity contribution in [1.29, 1.82) is 0 Å². The molecule has 1 heterocycles. The molecule has 0 saturated carbocycles. The molecule has 2 heteroatoms. The summed E-state index contributed by atoms with van der Waals surface area (Å²) in [5.41, 5.74) is 5.97. The highest BCUT2D eigenvalue weighted by atomic mass is 79.9. The van der Waals surface area contributed by atoms with E-state index in [1.165, 1.54) is 27.6 Å². The number of benzene rings is 2. The normalized spacial score (nSPS) is 18.4. The Morgan fingerprint density at radius 3 is 2.83 bits per heavy atom. The van der Waals surface area contributed by atoms with E-state index in [4.69, 9.17) is 4.42 Å². The molecule has 2 aliphatic carbocycles. The van der Waals surface area contributed by atoms with Crippen LogP contribution in [-0.2, 0) is 6.42 Å². The fraction of sp³-hybridized carbons (Fsp3) is 0.0909. The van der Waals surface area contributed by atoms with Gasteiger partial charge in [0.25, 0.3) is 0 Å². The van der Waals surface area contributed by atoms with Gasteiger partial charge in [0, 0.05) is 27.8 Å². The van der Waals surface area contributed by atoms with Gasteiger partial charge in [-0.1, -0.05) is 58.4 Å². The molecule has 0 fully saturated rings. The standard InChI is InChI=1S/C22H15BrO/c23-18-7-3-6-14(10-18)17-8-9-19-20-11-15-4-1-2-5-16(15)12-22(20)24-21(19)13-17/h1-11,13,16H,12H2. The molecule has 116 valence electrons. The molecule has 1 unspecified atom stereocenters. The van der Waals surface area contributed by atoms with E-state index in [0.717, 1.165) is 22.2 Å². The van der Waals surface area contributed by atoms with Crippen LogP contribution in [0.15, 0.2) is 81.2 Å². The molecule has 3 aromatic rings. The molecule has 0 saturated heterocycles. The van der Waals surface area contributed by atoms with E-state index in [9.17, 15) is 0 Å². The average Bonchev–Trinajstić information content (AvgIpc) is 2.96. The van der Waals surface area contributed by atoms with Crippen molar-refractivity contribution in [2.45, 2.75) is 6.42 Å². The van der Waals surface area contributed by atoms with Crippen LogP contribution in [0.2, 0.25) is 0 Å². The summed E-state index contributed by atoms with van der Waals surface area (Å²) in [6, 6.07) is 14.9. The van der Waals surface area contributed by atoms with Gasteiger partial charge in [-0.15, -0.1) is 0 Å². The van der Waals surface area contributed by atoms with E-state index < -0.39 is 0 Å². The van der Waals surface area contributed by atoms with Crippen molar-refractivity contribution in [3.05, 3.63) is 88.1 Å². The van der Waals surface area contributed by atoms with Gasteiger partial charge in [-0.05, 0) is 47.0 Å². The summed E-state index contributed by atoms with van der Waals surface area (Å²) in [7, 11) is 0. The molecule has 0 N–H and O–H groups in total. The minimum absolute atomic E-state index is 0.451. The zero-order chi connectivity index (χ0) is 16.1. The van der Waals surface area contributed by atoms with E-state index in [-0.39, 0.29) is 0 Å². The first-order valence-corrected chi connectivity index (χ1v) is 8.95. The molecular weight excluding hydrogens is 360 g/mol. The number of halogens is 1. The van der Waals surface area contributed by atoms with Gasteiger partial charge < -0.3 is 4.42 Å². The van der Waals surface area contributed by atoms with Crippen molar-refractivity contribution in [3.8, 4) is 11.1 Å². The summed E-state index contributed by atoms with van der Waals surface area (Å²) in [6.45, 7) is 0. The van der Waals surface area contributed by atoms with Crippen LogP contribution in [0.5, 0.6) is 0 Å². The summed E-state index contributed by atoms with van der Waals surface area (Å²) in [4.78, 5) is 0. The molecule has 0 radical (unpaired) electrons. The molecule has 0 aliphatic heterocycles. The first-order valence-electron chi connectivity index (χ1n) is 8.16. The van der Waals surface area contributed by atoms with Crippen LogP contribution >= 0.6 is 15.9 Å². The topological polar surface area (TPSA) is 13.1 Å². The quantitative estimate of drug-likeness (QED) is 0.470. The van der Waals surface area contributed by atoms with Crippen LogP contribution in [-0.4, -0.2) is 0 Å². The third-order valence-corrected chi connectivity index (χ3v) is 5.34. The van der Waals surface area contributed by atoms with Crippen molar-refractivity contribution < 1.29 is 4.42 Å². The van der Waals surface area contributed by atoms with E-state index >= 15 is 0 Å². The summed E-state index contributed by atoms with van der Waals surface area (Å²) >= 11 is 3.55. The highest BCUT2D eigenvalue weighted by molar-refractivity contribution is 9.10. The molecule has 0 spiro atoms. The number of rotatable bonds is 1. The predicted molar refractivity (Wildman–Crippen MR) is 103 cm³/mol. The second-order valence-electron chi connectivity index (χ2n) is 6.36. The molecule has 0 bridgehead atoms. The van der Waals surface area contributed by atoms with Crippen LogP contribution in [0.4, 0.5) is 0 Å². The largest absolute Gasteiger partial charge is 0.460 e. The molecule has 0 amide bonds. The Morgan fingerprint density at radius 2 is 1.92 bits per heavy atom. The third kappa shape index (κ3) is 2.22.